The van der Waals surface area contributed by atoms with Gasteiger partial charge in [0, 0.05) is 42.7 Å². The first-order valence-electron chi connectivity index (χ1n) is 7.31. The number of ether oxygens (including phenoxy) is 1. The van der Waals surface area contributed by atoms with Crippen molar-refractivity contribution in [3.8, 4) is 0 Å². The van der Waals surface area contributed by atoms with E-state index in [1.54, 1.807) is 18.3 Å². The summed E-state index contributed by atoms with van der Waals surface area (Å²) in [5.41, 5.74) is 1.63. The third-order valence-electron chi connectivity index (χ3n) is 3.55. The fourth-order valence-corrected chi connectivity index (χ4v) is 2.38. The van der Waals surface area contributed by atoms with Gasteiger partial charge >= 0.3 is 0 Å². The van der Waals surface area contributed by atoms with E-state index in [-0.39, 0.29) is 11.8 Å². The summed E-state index contributed by atoms with van der Waals surface area (Å²) in [4.78, 5) is 19.0. The third kappa shape index (κ3) is 3.61. The Hall–Kier alpha value is -2.58. The number of hydrogen-bond donors (Lipinski definition) is 2. The minimum Gasteiger partial charge on any atom is -0.371 e. The molecule has 1 aromatic carbocycles. The maximum absolute atomic E-state index is 10.7. The number of nitro groups is 1. The molecule has 1 atom stereocenters. The fraction of sp³-hybridized carbons (Fsp3) is 0.333. The number of rotatable bonds is 4. The van der Waals surface area contributed by atoms with Gasteiger partial charge in [0.05, 0.1) is 11.5 Å². The molecular weight excluding hydrogens is 298 g/mol. The van der Waals surface area contributed by atoms with E-state index in [2.05, 4.69) is 20.6 Å². The number of nitrogens with one attached hydrogen (secondary N) is 2. The minimum absolute atomic E-state index is 0.0504. The van der Waals surface area contributed by atoms with E-state index >= 15 is 0 Å². The molecule has 8 heteroatoms. The first kappa shape index (κ1) is 15.3. The molecule has 2 aromatic rings. The molecule has 1 aliphatic rings. The second kappa shape index (κ2) is 6.67. The van der Waals surface area contributed by atoms with E-state index in [0.29, 0.717) is 24.8 Å². The van der Waals surface area contributed by atoms with Gasteiger partial charge in [0.25, 0.3) is 5.69 Å². The van der Waals surface area contributed by atoms with Gasteiger partial charge in [-0.2, -0.15) is 0 Å². The van der Waals surface area contributed by atoms with Gasteiger partial charge in [-0.1, -0.05) is 0 Å². The lowest BCUT2D eigenvalue weighted by Gasteiger charge is -2.25. The number of aryl methyl sites for hydroxylation is 1. The van der Waals surface area contributed by atoms with E-state index in [9.17, 15) is 10.1 Å². The Labute approximate surface area is 133 Å². The van der Waals surface area contributed by atoms with Gasteiger partial charge in [0.2, 0.25) is 0 Å². The number of benzene rings is 1. The zero-order valence-electron chi connectivity index (χ0n) is 12.7. The van der Waals surface area contributed by atoms with Crippen LogP contribution in [0.2, 0.25) is 0 Å². The lowest BCUT2D eigenvalue weighted by atomic mass is 10.1. The number of nitro benzene ring substituents is 1. The van der Waals surface area contributed by atoms with Crippen LogP contribution in [0.1, 0.15) is 17.5 Å². The average Bonchev–Trinajstić information content (AvgIpc) is 2.56. The predicted octanol–water partition coefficient (Wildman–Crippen LogP) is 2.10. The quantitative estimate of drug-likeness (QED) is 0.658. The van der Waals surface area contributed by atoms with Crippen molar-refractivity contribution >= 4 is 17.2 Å². The minimum atomic E-state index is -0.425. The van der Waals surface area contributed by atoms with Crippen LogP contribution in [0.4, 0.5) is 17.2 Å². The molecule has 2 N–H and O–H groups in total. The largest absolute Gasteiger partial charge is 0.371 e. The molecule has 0 saturated carbocycles. The van der Waals surface area contributed by atoms with Gasteiger partial charge in [0.1, 0.15) is 17.7 Å². The Morgan fingerprint density at radius 2 is 2.17 bits per heavy atom. The summed E-state index contributed by atoms with van der Waals surface area (Å²) in [6, 6.07) is 6.21. The highest BCUT2D eigenvalue weighted by atomic mass is 16.6. The molecule has 1 unspecified atom stereocenters. The van der Waals surface area contributed by atoms with Gasteiger partial charge in [-0.15, -0.1) is 0 Å². The maximum atomic E-state index is 10.7. The van der Waals surface area contributed by atoms with Gasteiger partial charge < -0.3 is 15.4 Å². The fourth-order valence-electron chi connectivity index (χ4n) is 2.38. The van der Waals surface area contributed by atoms with Crippen LogP contribution in [0, 0.1) is 17.0 Å². The Morgan fingerprint density at radius 3 is 2.83 bits per heavy atom. The van der Waals surface area contributed by atoms with Crippen LogP contribution in [0.25, 0.3) is 0 Å². The topological polar surface area (TPSA) is 102 Å². The molecule has 0 radical (unpaired) electrons. The lowest BCUT2D eigenvalue weighted by molar-refractivity contribution is -0.384. The molecule has 2 heterocycles. The van der Waals surface area contributed by atoms with Crippen LogP contribution in [0.5, 0.6) is 0 Å². The maximum Gasteiger partial charge on any atom is 0.269 e. The zero-order valence-corrected chi connectivity index (χ0v) is 12.7. The van der Waals surface area contributed by atoms with Crippen molar-refractivity contribution in [3.05, 3.63) is 52.0 Å². The summed E-state index contributed by atoms with van der Waals surface area (Å²) in [5.74, 6) is 1.29. The van der Waals surface area contributed by atoms with Crippen molar-refractivity contribution in [1.29, 1.82) is 0 Å². The number of non-ortho nitro benzene ring substituents is 1. The van der Waals surface area contributed by atoms with Crippen LogP contribution in [0.15, 0.2) is 30.5 Å². The average molecular weight is 315 g/mol. The number of nitrogens with zero attached hydrogens (tertiary/aromatic N) is 3. The zero-order chi connectivity index (χ0) is 16.2. The van der Waals surface area contributed by atoms with Gasteiger partial charge in [0.15, 0.2) is 0 Å². The van der Waals surface area contributed by atoms with Crippen molar-refractivity contribution in [2.24, 2.45) is 0 Å². The summed E-state index contributed by atoms with van der Waals surface area (Å²) in [6.45, 7) is 3.97. The Bertz CT molecular complexity index is 699. The summed E-state index contributed by atoms with van der Waals surface area (Å²) in [7, 11) is 0. The van der Waals surface area contributed by atoms with Crippen LogP contribution < -0.4 is 10.6 Å². The van der Waals surface area contributed by atoms with Crippen molar-refractivity contribution in [2.75, 3.05) is 25.0 Å². The van der Waals surface area contributed by atoms with E-state index in [1.807, 2.05) is 6.92 Å². The summed E-state index contributed by atoms with van der Waals surface area (Å²) < 4.78 is 5.76. The molecule has 120 valence electrons. The Balaban J connectivity index is 1.86. The highest BCUT2D eigenvalue weighted by molar-refractivity contribution is 5.61. The summed E-state index contributed by atoms with van der Waals surface area (Å²) >= 11 is 0. The number of hydrogen-bond acceptors (Lipinski definition) is 7. The molecular formula is C15H17N5O3. The van der Waals surface area contributed by atoms with Crippen LogP contribution in [0.3, 0.4) is 0 Å². The lowest BCUT2D eigenvalue weighted by Crippen LogP contribution is -2.33. The van der Waals surface area contributed by atoms with Gasteiger partial charge in [-0.25, -0.2) is 9.97 Å². The van der Waals surface area contributed by atoms with E-state index in [4.69, 9.17) is 4.74 Å². The normalized spacial score (nSPS) is 17.7. The second-order valence-corrected chi connectivity index (χ2v) is 5.21. The molecule has 1 aromatic heterocycles. The number of aromatic nitrogens is 2. The van der Waals surface area contributed by atoms with Crippen LogP contribution in [-0.2, 0) is 4.74 Å². The van der Waals surface area contributed by atoms with Crippen LogP contribution >= 0.6 is 0 Å². The molecule has 1 saturated heterocycles. The first-order valence-corrected chi connectivity index (χ1v) is 7.31. The highest BCUT2D eigenvalue weighted by Gasteiger charge is 2.20. The number of morpholine rings is 1. The Morgan fingerprint density at radius 1 is 1.39 bits per heavy atom. The van der Waals surface area contributed by atoms with Crippen LogP contribution in [-0.4, -0.2) is 34.6 Å². The number of anilines is 2. The van der Waals surface area contributed by atoms with E-state index < -0.39 is 4.92 Å². The monoisotopic (exact) mass is 315 g/mol. The van der Waals surface area contributed by atoms with Crippen molar-refractivity contribution in [1.82, 2.24) is 15.3 Å². The molecule has 0 aliphatic carbocycles. The molecule has 23 heavy (non-hydrogen) atoms. The van der Waals surface area contributed by atoms with Crippen molar-refractivity contribution < 1.29 is 9.66 Å². The van der Waals surface area contributed by atoms with E-state index in [0.717, 1.165) is 17.8 Å². The van der Waals surface area contributed by atoms with Crippen molar-refractivity contribution in [2.45, 2.75) is 13.0 Å². The molecule has 0 bridgehead atoms. The predicted molar refractivity (Wildman–Crippen MR) is 84.7 cm³/mol. The van der Waals surface area contributed by atoms with Crippen molar-refractivity contribution in [3.63, 3.8) is 0 Å². The Kier molecular flexibility index (Phi) is 4.45. The highest BCUT2D eigenvalue weighted by Crippen LogP contribution is 2.27. The van der Waals surface area contributed by atoms with Gasteiger partial charge in [-0.05, 0) is 19.1 Å². The molecule has 0 amide bonds. The second-order valence-electron chi connectivity index (χ2n) is 5.21. The third-order valence-corrected chi connectivity index (χ3v) is 3.55. The standard InChI is InChI=1S/C15H17N5O3/c1-10-17-8-13(14-9-16-6-7-23-14)15(18-10)19-11-2-4-12(5-3-11)20(21)22/h2-5,8,14,16H,6-7,9H2,1H3,(H,17,18,19). The van der Waals surface area contributed by atoms with Gasteiger partial charge in [-0.3, -0.25) is 10.1 Å². The molecule has 1 fully saturated rings. The smallest absolute Gasteiger partial charge is 0.269 e. The molecule has 0 spiro atoms. The summed E-state index contributed by atoms with van der Waals surface area (Å²) in [5, 5.41) is 17.2. The SMILES string of the molecule is Cc1ncc(C2CNCCO2)c(Nc2ccc([N+](=O)[O-])cc2)n1. The molecule has 8 nitrogen and oxygen atoms in total. The molecule has 1 aliphatic heterocycles. The summed E-state index contributed by atoms with van der Waals surface area (Å²) in [6.07, 6.45) is 1.64. The first-order chi connectivity index (χ1) is 11.1. The van der Waals surface area contributed by atoms with E-state index in [1.165, 1.54) is 12.1 Å². The molecule has 3 rings (SSSR count).